The maximum Gasteiger partial charge on any atom is 0.156 e. The van der Waals surface area contributed by atoms with E-state index < -0.39 is 5.41 Å². The molecule has 1 fully saturated rings. The molecule has 0 atom stereocenters. The van der Waals surface area contributed by atoms with E-state index in [4.69, 9.17) is 0 Å². The molecular weight excluding hydrogens is 132 g/mol. The summed E-state index contributed by atoms with van der Waals surface area (Å²) in [5.41, 5.74) is -1.21. The molecule has 0 aromatic heterocycles. The Morgan fingerprint density at radius 3 is 1.60 bits per heavy atom. The van der Waals surface area contributed by atoms with Crippen molar-refractivity contribution in [2.45, 2.75) is 20.3 Å². The number of carbonyl (C=O) groups excluding carboxylic acids is 3. The van der Waals surface area contributed by atoms with Crippen molar-refractivity contribution in [3.05, 3.63) is 0 Å². The van der Waals surface area contributed by atoms with Crippen LogP contribution in [0, 0.1) is 5.41 Å². The quantitative estimate of drug-likeness (QED) is 0.512. The summed E-state index contributed by atoms with van der Waals surface area (Å²) in [6.45, 7) is 2.57. The van der Waals surface area contributed by atoms with Crippen LogP contribution in [-0.4, -0.2) is 17.3 Å². The predicted molar refractivity (Wildman–Crippen MR) is 33.4 cm³/mol. The molecule has 0 unspecified atom stereocenters. The number of hydrogen-bond donors (Lipinski definition) is 0. The summed E-state index contributed by atoms with van der Waals surface area (Å²) in [6, 6.07) is 0. The summed E-state index contributed by atoms with van der Waals surface area (Å²) >= 11 is 0. The summed E-state index contributed by atoms with van der Waals surface area (Å²) in [5.74, 6) is -0.859. The smallest absolute Gasteiger partial charge is 0.156 e. The molecule has 1 saturated carbocycles. The van der Waals surface area contributed by atoms with Crippen LogP contribution in [0.15, 0.2) is 0 Å². The Labute approximate surface area is 58.4 Å². The molecule has 10 heavy (non-hydrogen) atoms. The minimum Gasteiger partial charge on any atom is -0.298 e. The van der Waals surface area contributed by atoms with E-state index >= 15 is 0 Å². The lowest BCUT2D eigenvalue weighted by molar-refractivity contribution is -0.134. The van der Waals surface area contributed by atoms with Crippen LogP contribution in [0.1, 0.15) is 20.3 Å². The fraction of sp³-hybridized carbons (Fsp3) is 0.571. The third-order valence-corrected chi connectivity index (χ3v) is 1.98. The zero-order valence-electron chi connectivity index (χ0n) is 5.93. The monoisotopic (exact) mass is 140 g/mol. The first-order chi connectivity index (χ1) is 4.51. The van der Waals surface area contributed by atoms with Crippen LogP contribution in [0.4, 0.5) is 0 Å². The standard InChI is InChI=1S/C7H8O3/c1-4(8)7(5(2)9)3-6(7)10/h3H2,1-2H3. The second-order valence-corrected chi connectivity index (χ2v) is 2.62. The Morgan fingerprint density at radius 1 is 1.30 bits per heavy atom. The summed E-state index contributed by atoms with van der Waals surface area (Å²) in [7, 11) is 0. The molecule has 0 amide bonds. The van der Waals surface area contributed by atoms with Crippen LogP contribution in [0.3, 0.4) is 0 Å². The lowest BCUT2D eigenvalue weighted by atomic mass is 9.98. The van der Waals surface area contributed by atoms with Crippen LogP contribution in [0.2, 0.25) is 0 Å². The molecule has 0 N–H and O–H groups in total. The molecule has 0 aliphatic heterocycles. The van der Waals surface area contributed by atoms with Crippen molar-refractivity contribution in [3.8, 4) is 0 Å². The van der Waals surface area contributed by atoms with Gasteiger partial charge in [0.2, 0.25) is 0 Å². The third kappa shape index (κ3) is 0.632. The SMILES string of the molecule is CC(=O)C1(C(C)=O)CC1=O. The topological polar surface area (TPSA) is 51.2 Å². The molecule has 1 rings (SSSR count). The number of hydrogen-bond acceptors (Lipinski definition) is 3. The van der Waals surface area contributed by atoms with Gasteiger partial charge >= 0.3 is 0 Å². The van der Waals surface area contributed by atoms with E-state index in [9.17, 15) is 14.4 Å². The highest BCUT2D eigenvalue weighted by molar-refractivity contribution is 6.34. The van der Waals surface area contributed by atoms with Gasteiger partial charge in [-0.2, -0.15) is 0 Å². The molecule has 0 spiro atoms. The van der Waals surface area contributed by atoms with Gasteiger partial charge in [-0.15, -0.1) is 0 Å². The molecule has 0 bridgehead atoms. The Morgan fingerprint density at radius 2 is 1.60 bits per heavy atom. The van der Waals surface area contributed by atoms with Gasteiger partial charge in [0.15, 0.2) is 22.8 Å². The maximum absolute atomic E-state index is 10.7. The first kappa shape index (κ1) is 7.12. The van der Waals surface area contributed by atoms with Gasteiger partial charge < -0.3 is 0 Å². The minimum absolute atomic E-state index is 0.123. The normalized spacial score (nSPS) is 20.4. The second kappa shape index (κ2) is 1.75. The first-order valence-corrected chi connectivity index (χ1v) is 3.07. The molecule has 1 aliphatic rings. The van der Waals surface area contributed by atoms with Gasteiger partial charge in [0.25, 0.3) is 0 Å². The second-order valence-electron chi connectivity index (χ2n) is 2.62. The third-order valence-electron chi connectivity index (χ3n) is 1.98. The highest BCUT2D eigenvalue weighted by Crippen LogP contribution is 2.42. The predicted octanol–water partition coefficient (Wildman–Crippen LogP) is 0.124. The van der Waals surface area contributed by atoms with Gasteiger partial charge in [0.05, 0.1) is 0 Å². The van der Waals surface area contributed by atoms with Crippen LogP contribution in [0.5, 0.6) is 0 Å². The summed E-state index contributed by atoms with van der Waals surface area (Å²) in [6.07, 6.45) is 0.123. The summed E-state index contributed by atoms with van der Waals surface area (Å²) in [4.78, 5) is 32.1. The average Bonchev–Trinajstić information content (AvgIpc) is 2.42. The van der Waals surface area contributed by atoms with Crippen LogP contribution in [-0.2, 0) is 14.4 Å². The number of ketones is 3. The zero-order valence-corrected chi connectivity index (χ0v) is 5.93. The van der Waals surface area contributed by atoms with Gasteiger partial charge in [0.1, 0.15) is 0 Å². The van der Waals surface area contributed by atoms with Gasteiger partial charge in [-0.25, -0.2) is 0 Å². The summed E-state index contributed by atoms with van der Waals surface area (Å²) in [5, 5.41) is 0. The first-order valence-electron chi connectivity index (χ1n) is 3.07. The van der Waals surface area contributed by atoms with Crippen molar-refractivity contribution >= 4 is 17.3 Å². The Hall–Kier alpha value is -0.990. The van der Waals surface area contributed by atoms with Crippen LogP contribution in [0.25, 0.3) is 0 Å². The van der Waals surface area contributed by atoms with E-state index in [1.54, 1.807) is 0 Å². The van der Waals surface area contributed by atoms with E-state index in [0.717, 1.165) is 0 Å². The highest BCUT2D eigenvalue weighted by Gasteiger charge is 2.61. The summed E-state index contributed by atoms with van der Waals surface area (Å²) < 4.78 is 0. The Balaban J connectivity index is 2.94. The van der Waals surface area contributed by atoms with E-state index in [1.807, 2.05) is 0 Å². The molecule has 0 aromatic rings. The lowest BCUT2D eigenvalue weighted by Crippen LogP contribution is -2.23. The largest absolute Gasteiger partial charge is 0.298 e. The van der Waals surface area contributed by atoms with Crippen molar-refractivity contribution in [2.24, 2.45) is 5.41 Å². The Kier molecular flexibility index (Phi) is 1.24. The minimum atomic E-state index is -1.21. The van der Waals surface area contributed by atoms with Gasteiger partial charge in [0, 0.05) is 6.42 Å². The van der Waals surface area contributed by atoms with Gasteiger partial charge in [-0.05, 0) is 13.8 Å². The van der Waals surface area contributed by atoms with Crippen LogP contribution < -0.4 is 0 Å². The molecular formula is C7H8O3. The molecule has 3 nitrogen and oxygen atoms in total. The van der Waals surface area contributed by atoms with Gasteiger partial charge in [-0.1, -0.05) is 0 Å². The van der Waals surface area contributed by atoms with Crippen molar-refractivity contribution in [2.75, 3.05) is 0 Å². The van der Waals surface area contributed by atoms with Crippen molar-refractivity contribution in [3.63, 3.8) is 0 Å². The van der Waals surface area contributed by atoms with Crippen molar-refractivity contribution < 1.29 is 14.4 Å². The molecule has 0 aromatic carbocycles. The molecule has 3 heteroatoms. The van der Waals surface area contributed by atoms with Gasteiger partial charge in [-0.3, -0.25) is 14.4 Å². The molecule has 54 valence electrons. The molecule has 0 heterocycles. The van der Waals surface area contributed by atoms with Crippen molar-refractivity contribution in [1.29, 1.82) is 0 Å². The lowest BCUT2D eigenvalue weighted by Gasteiger charge is -2.00. The Bertz CT molecular complexity index is 213. The highest BCUT2D eigenvalue weighted by atomic mass is 16.2. The van der Waals surface area contributed by atoms with E-state index in [1.165, 1.54) is 13.8 Å². The zero-order chi connectivity index (χ0) is 7.94. The van der Waals surface area contributed by atoms with E-state index in [0.29, 0.717) is 0 Å². The fourth-order valence-corrected chi connectivity index (χ4v) is 1.09. The number of rotatable bonds is 2. The maximum atomic E-state index is 10.7. The van der Waals surface area contributed by atoms with E-state index in [2.05, 4.69) is 0 Å². The van der Waals surface area contributed by atoms with Crippen LogP contribution >= 0.6 is 0 Å². The van der Waals surface area contributed by atoms with Crippen molar-refractivity contribution in [1.82, 2.24) is 0 Å². The fourth-order valence-electron chi connectivity index (χ4n) is 1.09. The molecule has 1 aliphatic carbocycles. The van der Waals surface area contributed by atoms with E-state index in [-0.39, 0.29) is 23.8 Å². The molecule has 0 radical (unpaired) electrons. The average molecular weight is 140 g/mol. The number of carbonyl (C=O) groups is 3. The molecule has 0 saturated heterocycles. The number of Topliss-reactive ketones (excluding diaryl/α,β-unsaturated/α-hetero) is 3.